The van der Waals surface area contributed by atoms with E-state index >= 15 is 0 Å². The van der Waals surface area contributed by atoms with Crippen molar-refractivity contribution in [3.05, 3.63) is 35.6 Å². The van der Waals surface area contributed by atoms with Crippen molar-refractivity contribution in [1.29, 1.82) is 0 Å². The molecule has 0 saturated carbocycles. The Balaban J connectivity index is 1.27. The molecule has 0 aliphatic carbocycles. The van der Waals surface area contributed by atoms with Gasteiger partial charge >= 0.3 is 0 Å². The average molecular weight is 435 g/mol. The average Bonchev–Trinajstić information content (AvgIpc) is 3.22. The van der Waals surface area contributed by atoms with Crippen LogP contribution < -0.4 is 5.32 Å². The molecule has 0 radical (unpaired) electrons. The van der Waals surface area contributed by atoms with E-state index < -0.39 is 0 Å². The first-order chi connectivity index (χ1) is 15.6. The topological polar surface area (TPSA) is 79.6 Å². The van der Waals surface area contributed by atoms with Gasteiger partial charge in [0.25, 0.3) is 0 Å². The molecule has 3 amide bonds. The van der Waals surface area contributed by atoms with Crippen LogP contribution in [-0.4, -0.2) is 35.7 Å². The van der Waals surface area contributed by atoms with Gasteiger partial charge in [0.1, 0.15) is 5.58 Å². The second kappa shape index (κ2) is 10.5. The highest BCUT2D eigenvalue weighted by Gasteiger charge is 2.30. The number of piperidine rings is 2. The second-order valence-electron chi connectivity index (χ2n) is 8.71. The number of nitrogens with zero attached hydrogens (tertiary/aromatic N) is 1. The van der Waals surface area contributed by atoms with E-state index in [2.05, 4.69) is 17.2 Å². The Morgan fingerprint density at radius 1 is 1.12 bits per heavy atom. The molecule has 0 bridgehead atoms. The maximum atomic E-state index is 12.2. The maximum absolute atomic E-state index is 12.2. The molecule has 6 heteroatoms. The molecule has 1 aromatic carbocycles. The van der Waals surface area contributed by atoms with Crippen molar-refractivity contribution < 1.29 is 18.8 Å². The molecule has 2 aliphatic rings. The van der Waals surface area contributed by atoms with Gasteiger partial charge in [-0.2, -0.15) is 0 Å². The number of imide groups is 1. The Labute approximate surface area is 188 Å². The van der Waals surface area contributed by atoms with Gasteiger partial charge in [-0.1, -0.05) is 18.3 Å². The number of furan rings is 1. The number of hydrogen-bond acceptors (Lipinski definition) is 4. The first kappa shape index (κ1) is 22.1. The number of nitrogens with one attached hydrogen (secondary N) is 1. The Bertz CT molecular complexity index is 1050. The summed E-state index contributed by atoms with van der Waals surface area (Å²) in [4.78, 5) is 37.9. The number of likely N-dealkylation sites (tertiary alicyclic amines) is 1. The van der Waals surface area contributed by atoms with E-state index in [-0.39, 0.29) is 17.7 Å². The molecular formula is C26H30N2O4. The summed E-state index contributed by atoms with van der Waals surface area (Å²) in [5, 5.41) is 3.29. The predicted octanol–water partition coefficient (Wildman–Crippen LogP) is 4.27. The fourth-order valence-electron chi connectivity index (χ4n) is 4.52. The van der Waals surface area contributed by atoms with Crippen molar-refractivity contribution in [3.8, 4) is 11.8 Å². The van der Waals surface area contributed by atoms with Crippen molar-refractivity contribution in [2.45, 2.75) is 70.1 Å². The molecule has 2 aromatic rings. The van der Waals surface area contributed by atoms with Gasteiger partial charge in [-0.3, -0.25) is 19.7 Å². The summed E-state index contributed by atoms with van der Waals surface area (Å²) in [7, 11) is 0. The molecule has 3 heterocycles. The van der Waals surface area contributed by atoms with E-state index in [0.717, 1.165) is 68.1 Å². The molecule has 1 aromatic heterocycles. The zero-order valence-corrected chi connectivity index (χ0v) is 18.5. The monoisotopic (exact) mass is 434 g/mol. The molecule has 4 rings (SSSR count). The lowest BCUT2D eigenvalue weighted by atomic mass is 9.90. The van der Waals surface area contributed by atoms with Crippen LogP contribution in [0.1, 0.15) is 81.3 Å². The lowest BCUT2D eigenvalue weighted by molar-refractivity contribution is -0.134. The smallest absolute Gasteiger partial charge is 0.234 e. The second-order valence-corrected chi connectivity index (χ2v) is 8.71. The lowest BCUT2D eigenvalue weighted by Crippen LogP contribution is -2.39. The molecule has 2 aliphatic heterocycles. The van der Waals surface area contributed by atoms with Gasteiger partial charge in [-0.25, -0.2) is 0 Å². The first-order valence-electron chi connectivity index (χ1n) is 11.7. The van der Waals surface area contributed by atoms with Gasteiger partial charge in [0.05, 0.1) is 12.2 Å². The summed E-state index contributed by atoms with van der Waals surface area (Å²) < 4.78 is 5.62. The van der Waals surface area contributed by atoms with Crippen LogP contribution in [0.4, 0.5) is 0 Å². The third-order valence-electron chi connectivity index (χ3n) is 6.35. The number of carbonyl (C=O) groups excluding carboxylic acids is 3. The fourth-order valence-corrected chi connectivity index (χ4v) is 4.52. The Hall–Kier alpha value is -3.07. The van der Waals surface area contributed by atoms with E-state index in [1.54, 1.807) is 6.26 Å². The third kappa shape index (κ3) is 5.40. The molecule has 1 unspecified atom stereocenters. The maximum Gasteiger partial charge on any atom is 0.234 e. The first-order valence-corrected chi connectivity index (χ1v) is 11.7. The van der Waals surface area contributed by atoms with Crippen molar-refractivity contribution in [2.24, 2.45) is 0 Å². The summed E-state index contributed by atoms with van der Waals surface area (Å²) in [6.45, 7) is 1.85. The zero-order chi connectivity index (χ0) is 22.3. The van der Waals surface area contributed by atoms with Gasteiger partial charge in [0.2, 0.25) is 17.7 Å². The molecule has 168 valence electrons. The summed E-state index contributed by atoms with van der Waals surface area (Å²) in [6, 6.07) is 5.76. The molecule has 32 heavy (non-hydrogen) atoms. The van der Waals surface area contributed by atoms with Crippen LogP contribution in [0.2, 0.25) is 0 Å². The summed E-state index contributed by atoms with van der Waals surface area (Å²) >= 11 is 0. The minimum absolute atomic E-state index is 0.221. The Morgan fingerprint density at radius 3 is 2.78 bits per heavy atom. The molecule has 1 atom stereocenters. The standard InChI is InChI=1S/C26H30N2O4/c29-24-14-12-20(26(31)27-24)22-18-32-23-13-11-19(17-21(22)23)9-5-2-1-3-6-10-25(30)28-15-7-4-8-16-28/h11,13,17-18,20H,1-4,6-8,10,12,14-16H2,(H,27,29,31). The Kier molecular flexibility index (Phi) is 7.26. The SMILES string of the molecule is O=C1CCC(c2coc3ccc(C#CCCCCCC(=O)N4CCCCC4)cc23)C(=O)N1. The van der Waals surface area contributed by atoms with E-state index in [1.165, 1.54) is 6.42 Å². The van der Waals surface area contributed by atoms with Crippen molar-refractivity contribution in [1.82, 2.24) is 10.2 Å². The van der Waals surface area contributed by atoms with Crippen LogP contribution >= 0.6 is 0 Å². The van der Waals surface area contributed by atoms with Gasteiger partial charge in [-0.05, 0) is 56.7 Å². The molecule has 2 fully saturated rings. The number of benzene rings is 1. The normalized spacial score (nSPS) is 18.9. The van der Waals surface area contributed by atoms with Crippen molar-refractivity contribution >= 4 is 28.7 Å². The molecule has 0 spiro atoms. The van der Waals surface area contributed by atoms with Crippen molar-refractivity contribution in [2.75, 3.05) is 13.1 Å². The van der Waals surface area contributed by atoms with Crippen molar-refractivity contribution in [3.63, 3.8) is 0 Å². The van der Waals surface area contributed by atoms with E-state index in [4.69, 9.17) is 4.42 Å². The third-order valence-corrected chi connectivity index (χ3v) is 6.35. The minimum Gasteiger partial charge on any atom is -0.464 e. The highest BCUT2D eigenvalue weighted by atomic mass is 16.3. The lowest BCUT2D eigenvalue weighted by Gasteiger charge is -2.26. The van der Waals surface area contributed by atoms with Gasteiger partial charge in [0, 0.05) is 48.9 Å². The highest BCUT2D eigenvalue weighted by Crippen LogP contribution is 2.32. The number of amides is 3. The quantitative estimate of drug-likeness (QED) is 0.418. The zero-order valence-electron chi connectivity index (χ0n) is 18.5. The minimum atomic E-state index is -0.371. The number of fused-ring (bicyclic) bond motifs is 1. The predicted molar refractivity (Wildman–Crippen MR) is 122 cm³/mol. The fraction of sp³-hybridized carbons (Fsp3) is 0.500. The number of unbranched alkanes of at least 4 members (excludes halogenated alkanes) is 3. The van der Waals surface area contributed by atoms with Crippen LogP contribution in [0, 0.1) is 11.8 Å². The molecule has 1 N–H and O–H groups in total. The largest absolute Gasteiger partial charge is 0.464 e. The van der Waals surface area contributed by atoms with Crippen LogP contribution in [0.15, 0.2) is 28.9 Å². The van der Waals surface area contributed by atoms with Crippen LogP contribution in [-0.2, 0) is 14.4 Å². The van der Waals surface area contributed by atoms with Gasteiger partial charge in [-0.15, -0.1) is 0 Å². The van der Waals surface area contributed by atoms with Crippen LogP contribution in [0.25, 0.3) is 11.0 Å². The number of hydrogen-bond donors (Lipinski definition) is 1. The molecular weight excluding hydrogens is 404 g/mol. The van der Waals surface area contributed by atoms with E-state index in [9.17, 15) is 14.4 Å². The highest BCUT2D eigenvalue weighted by molar-refractivity contribution is 6.02. The molecule has 2 saturated heterocycles. The summed E-state index contributed by atoms with van der Waals surface area (Å²) in [6.07, 6.45) is 10.3. The van der Waals surface area contributed by atoms with E-state index in [1.807, 2.05) is 23.1 Å². The number of carbonyl (C=O) groups is 3. The van der Waals surface area contributed by atoms with Crippen LogP contribution in [0.5, 0.6) is 0 Å². The van der Waals surface area contributed by atoms with Gasteiger partial charge < -0.3 is 9.32 Å². The summed E-state index contributed by atoms with van der Waals surface area (Å²) in [5.41, 5.74) is 2.41. The Morgan fingerprint density at radius 2 is 1.97 bits per heavy atom. The summed E-state index contributed by atoms with van der Waals surface area (Å²) in [5.74, 6) is 5.87. The van der Waals surface area contributed by atoms with E-state index in [0.29, 0.717) is 30.8 Å². The number of rotatable bonds is 6. The van der Waals surface area contributed by atoms with Crippen LogP contribution in [0.3, 0.4) is 0 Å². The molecule has 6 nitrogen and oxygen atoms in total. The van der Waals surface area contributed by atoms with Gasteiger partial charge in [0.15, 0.2) is 0 Å².